The third-order valence-electron chi connectivity index (χ3n) is 5.89. The molecule has 2 aliphatic rings. The lowest BCUT2D eigenvalue weighted by Crippen LogP contribution is -2.37. The van der Waals surface area contributed by atoms with Crippen LogP contribution in [-0.2, 0) is 4.79 Å². The molecule has 2 unspecified atom stereocenters. The maximum Gasteiger partial charge on any atom is 0.304 e. The number of hydrogen-bond acceptors (Lipinski definition) is 7. The number of ether oxygens (including phenoxy) is 2. The van der Waals surface area contributed by atoms with Crippen molar-refractivity contribution in [3.05, 3.63) is 53.0 Å². The number of ketones is 1. The fraction of sp³-hybridized carbons (Fsp3) is 0.435. The number of anilines is 1. The number of fused-ring (bicyclic) bond motifs is 1. The van der Waals surface area contributed by atoms with Crippen LogP contribution >= 0.6 is 0 Å². The quantitative estimate of drug-likeness (QED) is 0.677. The Balaban J connectivity index is 1.71. The predicted molar refractivity (Wildman–Crippen MR) is 114 cm³/mol. The minimum Gasteiger partial charge on any atom is -0.758 e. The first-order valence-corrected chi connectivity index (χ1v) is 10.6. The second kappa shape index (κ2) is 8.93. The van der Waals surface area contributed by atoms with E-state index in [-0.39, 0.29) is 23.8 Å². The van der Waals surface area contributed by atoms with Gasteiger partial charge >= 0.3 is 5.97 Å². The Morgan fingerprint density at radius 1 is 1.29 bits per heavy atom. The molecule has 164 valence electrons. The average molecular weight is 425 g/mol. The van der Waals surface area contributed by atoms with Crippen LogP contribution in [0.2, 0.25) is 0 Å². The van der Waals surface area contributed by atoms with Crippen molar-refractivity contribution in [1.82, 2.24) is 4.98 Å². The van der Waals surface area contributed by atoms with Crippen molar-refractivity contribution >= 4 is 17.4 Å². The number of rotatable bonds is 8. The number of carboxylic acid groups (broad SMARTS) is 1. The first kappa shape index (κ1) is 21.1. The van der Waals surface area contributed by atoms with E-state index in [1.54, 1.807) is 18.2 Å². The van der Waals surface area contributed by atoms with Gasteiger partial charge in [-0.05, 0) is 56.4 Å². The van der Waals surface area contributed by atoms with E-state index in [0.29, 0.717) is 28.7 Å². The number of Topliss-reactive ketones (excluding diaryl/α,β-unsaturated/α-hetero) is 1. The maximum atomic E-state index is 13.0. The molecule has 2 aromatic rings. The Morgan fingerprint density at radius 3 is 2.74 bits per heavy atom. The predicted octanol–water partition coefficient (Wildman–Crippen LogP) is 3.93. The molecule has 8 nitrogen and oxygen atoms in total. The average Bonchev–Trinajstić information content (AvgIpc) is 3.35. The topological polar surface area (TPSA) is 112 Å². The van der Waals surface area contributed by atoms with E-state index in [4.69, 9.17) is 9.47 Å². The highest BCUT2D eigenvalue weighted by atomic mass is 16.5. The molecule has 31 heavy (non-hydrogen) atoms. The van der Waals surface area contributed by atoms with Gasteiger partial charge in [0.2, 0.25) is 0 Å². The summed E-state index contributed by atoms with van der Waals surface area (Å²) in [7, 11) is 0. The zero-order valence-electron chi connectivity index (χ0n) is 17.3. The molecule has 1 N–H and O–H groups in total. The van der Waals surface area contributed by atoms with Crippen molar-refractivity contribution in [2.75, 3.05) is 11.7 Å². The highest BCUT2D eigenvalue weighted by Crippen LogP contribution is 2.41. The van der Waals surface area contributed by atoms with E-state index >= 15 is 0 Å². The fourth-order valence-electron chi connectivity index (χ4n) is 4.44. The van der Waals surface area contributed by atoms with Crippen molar-refractivity contribution in [2.24, 2.45) is 0 Å². The van der Waals surface area contributed by atoms with Crippen LogP contribution in [0.1, 0.15) is 60.9 Å². The summed E-state index contributed by atoms with van der Waals surface area (Å²) in [6.07, 6.45) is 6.61. The van der Waals surface area contributed by atoms with Gasteiger partial charge in [-0.1, -0.05) is 6.07 Å². The van der Waals surface area contributed by atoms with Crippen molar-refractivity contribution in [3.63, 3.8) is 0 Å². The van der Waals surface area contributed by atoms with Crippen LogP contribution in [0.25, 0.3) is 0 Å². The number of aromatic nitrogens is 1. The van der Waals surface area contributed by atoms with Gasteiger partial charge in [-0.25, -0.2) is 0 Å². The lowest BCUT2D eigenvalue weighted by Gasteiger charge is -2.37. The molecule has 0 radical (unpaired) electrons. The molecule has 2 atom stereocenters. The number of nitrogens with zero attached hydrogens (tertiary/aromatic N) is 2. The molecule has 1 aromatic heterocycles. The van der Waals surface area contributed by atoms with Gasteiger partial charge in [0.05, 0.1) is 30.7 Å². The van der Waals surface area contributed by atoms with Gasteiger partial charge in [0.15, 0.2) is 17.3 Å². The van der Waals surface area contributed by atoms with E-state index in [0.717, 1.165) is 25.7 Å². The van der Waals surface area contributed by atoms with E-state index in [9.17, 15) is 19.9 Å². The molecule has 1 aromatic carbocycles. The van der Waals surface area contributed by atoms with Crippen LogP contribution in [0.3, 0.4) is 0 Å². The minimum absolute atomic E-state index is 0.0758. The van der Waals surface area contributed by atoms with E-state index < -0.39 is 23.7 Å². The normalized spacial score (nSPS) is 19.4. The van der Waals surface area contributed by atoms with Gasteiger partial charge in [0.1, 0.15) is 0 Å². The SMILES string of the molecule is CCOc1ccc(C(CC(=O)O)C2C(=O)c3cnccc3N2[O-])cc1OC1CCCC1. The molecule has 8 heteroatoms. The molecule has 1 aliphatic carbocycles. The van der Waals surface area contributed by atoms with Crippen LogP contribution in [0.5, 0.6) is 11.5 Å². The summed E-state index contributed by atoms with van der Waals surface area (Å²) in [6, 6.07) is 5.46. The Labute approximate surface area is 180 Å². The number of carbonyl (C=O) groups excluding carboxylic acids is 1. The number of pyridine rings is 1. The monoisotopic (exact) mass is 425 g/mol. The summed E-state index contributed by atoms with van der Waals surface area (Å²) >= 11 is 0. The Kier molecular flexibility index (Phi) is 6.08. The van der Waals surface area contributed by atoms with Gasteiger partial charge in [0.25, 0.3) is 0 Å². The third kappa shape index (κ3) is 4.20. The largest absolute Gasteiger partial charge is 0.758 e. The minimum atomic E-state index is -1.17. The molecule has 2 heterocycles. The Hall–Kier alpha value is -3.13. The fourth-order valence-corrected chi connectivity index (χ4v) is 4.44. The van der Waals surface area contributed by atoms with Crippen LogP contribution in [-0.4, -0.2) is 40.6 Å². The summed E-state index contributed by atoms with van der Waals surface area (Å²) in [6.45, 7) is 2.33. The van der Waals surface area contributed by atoms with Crippen molar-refractivity contribution in [2.45, 2.75) is 57.1 Å². The standard InChI is InChI=1S/C23H25N2O6/c1-2-30-19-8-7-14(11-20(19)31-15-5-3-4-6-15)16(12-21(26)27)22-23(28)17-13-24-10-9-18(17)25(22)29/h7-11,13,15-16,22H,2-6,12H2,1H3,(H,26,27)/q-1. The van der Waals surface area contributed by atoms with Gasteiger partial charge in [0, 0.05) is 24.0 Å². The molecule has 1 saturated carbocycles. The molecule has 1 fully saturated rings. The maximum absolute atomic E-state index is 13.0. The lowest BCUT2D eigenvalue weighted by molar-refractivity contribution is -0.137. The van der Waals surface area contributed by atoms with Gasteiger partial charge < -0.3 is 24.9 Å². The second-order valence-electron chi connectivity index (χ2n) is 7.90. The lowest BCUT2D eigenvalue weighted by atomic mass is 9.86. The molecule has 1 aliphatic heterocycles. The van der Waals surface area contributed by atoms with Crippen LogP contribution < -0.4 is 14.5 Å². The molecule has 0 amide bonds. The summed E-state index contributed by atoms with van der Waals surface area (Å²) < 4.78 is 11.9. The van der Waals surface area contributed by atoms with Crippen LogP contribution in [0.15, 0.2) is 36.7 Å². The molecular weight excluding hydrogens is 400 g/mol. The van der Waals surface area contributed by atoms with Crippen molar-refractivity contribution in [3.8, 4) is 11.5 Å². The second-order valence-corrected chi connectivity index (χ2v) is 7.90. The smallest absolute Gasteiger partial charge is 0.304 e. The first-order valence-electron chi connectivity index (χ1n) is 10.6. The highest BCUT2D eigenvalue weighted by molar-refractivity contribution is 6.11. The van der Waals surface area contributed by atoms with E-state index in [1.807, 2.05) is 6.92 Å². The Morgan fingerprint density at radius 2 is 2.06 bits per heavy atom. The molecule has 0 saturated heterocycles. The number of benzene rings is 1. The van der Waals surface area contributed by atoms with Crippen molar-refractivity contribution < 1.29 is 24.2 Å². The van der Waals surface area contributed by atoms with E-state index in [1.165, 1.54) is 18.5 Å². The van der Waals surface area contributed by atoms with E-state index in [2.05, 4.69) is 4.98 Å². The number of carboxylic acids is 1. The van der Waals surface area contributed by atoms with Crippen molar-refractivity contribution in [1.29, 1.82) is 0 Å². The number of hydroxylamine groups is 1. The first-order chi connectivity index (χ1) is 15.0. The zero-order chi connectivity index (χ0) is 22.0. The van der Waals surface area contributed by atoms with Gasteiger partial charge in [-0.15, -0.1) is 0 Å². The van der Waals surface area contributed by atoms with Crippen LogP contribution in [0.4, 0.5) is 5.69 Å². The Bertz CT molecular complexity index is 972. The number of carbonyl (C=O) groups is 2. The zero-order valence-corrected chi connectivity index (χ0v) is 17.3. The van der Waals surface area contributed by atoms with Gasteiger partial charge in [-0.2, -0.15) is 0 Å². The molecule has 0 spiro atoms. The number of aliphatic carboxylic acids is 1. The third-order valence-corrected chi connectivity index (χ3v) is 5.89. The summed E-state index contributed by atoms with van der Waals surface area (Å²) in [5.41, 5.74) is 0.985. The summed E-state index contributed by atoms with van der Waals surface area (Å²) in [5, 5.41) is 23.1. The summed E-state index contributed by atoms with van der Waals surface area (Å²) in [4.78, 5) is 28.6. The summed E-state index contributed by atoms with van der Waals surface area (Å²) in [5.74, 6) is -1.28. The van der Waals surface area contributed by atoms with Crippen LogP contribution in [0, 0.1) is 5.21 Å². The number of hydrogen-bond donors (Lipinski definition) is 1. The highest BCUT2D eigenvalue weighted by Gasteiger charge is 2.40. The van der Waals surface area contributed by atoms with Gasteiger partial charge in [-0.3, -0.25) is 14.6 Å². The molecule has 4 rings (SSSR count). The molecular formula is C23H25N2O6-. The molecule has 0 bridgehead atoms.